The Morgan fingerprint density at radius 1 is 1.33 bits per heavy atom. The molecule has 110 valence electrons. The van der Waals surface area contributed by atoms with Crippen LogP contribution < -0.4 is 4.72 Å². The van der Waals surface area contributed by atoms with E-state index < -0.39 is 15.9 Å². The van der Waals surface area contributed by atoms with Gasteiger partial charge in [-0.1, -0.05) is 29.8 Å². The smallest absolute Gasteiger partial charge is 0.268 e. The molecule has 1 heterocycles. The lowest BCUT2D eigenvalue weighted by molar-refractivity contribution is 0.0980. The maximum absolute atomic E-state index is 12.0. The minimum absolute atomic E-state index is 0.111. The number of carbonyl (C=O) groups is 1. The molecule has 0 saturated heterocycles. The molecule has 1 aromatic carbocycles. The first kappa shape index (κ1) is 15.4. The number of aryl methyl sites for hydroxylation is 1. The molecule has 1 amide bonds. The summed E-state index contributed by atoms with van der Waals surface area (Å²) in [5.74, 6) is -1.15. The number of nitrogens with one attached hydrogen (secondary N) is 1. The Morgan fingerprint density at radius 2 is 2.05 bits per heavy atom. The van der Waals surface area contributed by atoms with Gasteiger partial charge in [-0.2, -0.15) is 0 Å². The molecule has 2 aromatic rings. The summed E-state index contributed by atoms with van der Waals surface area (Å²) < 4.78 is 26.0. The highest BCUT2D eigenvalue weighted by Crippen LogP contribution is 2.17. The van der Waals surface area contributed by atoms with Crippen LogP contribution >= 0.6 is 11.6 Å². The van der Waals surface area contributed by atoms with Crippen molar-refractivity contribution in [2.75, 3.05) is 0 Å². The van der Waals surface area contributed by atoms with Crippen LogP contribution in [-0.4, -0.2) is 24.3 Å². The zero-order chi connectivity index (χ0) is 15.5. The third-order valence-corrected chi connectivity index (χ3v) is 4.26. The fourth-order valence-corrected chi connectivity index (χ4v) is 3.07. The van der Waals surface area contributed by atoms with Gasteiger partial charge < -0.3 is 0 Å². The van der Waals surface area contributed by atoms with Crippen molar-refractivity contribution in [3.8, 4) is 0 Å². The SMILES string of the molecule is Cc1ncncc1C(=O)NS(=O)(=O)Cc1ccccc1Cl. The van der Waals surface area contributed by atoms with Gasteiger partial charge in [0.2, 0.25) is 10.0 Å². The Labute approximate surface area is 127 Å². The van der Waals surface area contributed by atoms with Crippen LogP contribution in [0.4, 0.5) is 0 Å². The fraction of sp³-hybridized carbons (Fsp3) is 0.154. The van der Waals surface area contributed by atoms with Gasteiger partial charge in [0.25, 0.3) is 5.91 Å². The summed E-state index contributed by atoms with van der Waals surface area (Å²) in [4.78, 5) is 19.5. The van der Waals surface area contributed by atoms with Crippen LogP contribution in [0.3, 0.4) is 0 Å². The number of hydrogen-bond donors (Lipinski definition) is 1. The van der Waals surface area contributed by atoms with Gasteiger partial charge in [0.15, 0.2) is 0 Å². The number of halogens is 1. The summed E-state index contributed by atoms with van der Waals surface area (Å²) >= 11 is 5.91. The van der Waals surface area contributed by atoms with Crippen LogP contribution in [-0.2, 0) is 15.8 Å². The Kier molecular flexibility index (Phi) is 4.54. The molecule has 0 aliphatic heterocycles. The molecule has 0 aliphatic rings. The van der Waals surface area contributed by atoms with E-state index in [1.165, 1.54) is 12.5 Å². The number of hydrogen-bond acceptors (Lipinski definition) is 5. The number of carbonyl (C=O) groups excluding carboxylic acids is 1. The number of rotatable bonds is 4. The lowest BCUT2D eigenvalue weighted by Crippen LogP contribution is -2.32. The van der Waals surface area contributed by atoms with E-state index in [0.717, 1.165) is 0 Å². The number of sulfonamides is 1. The Morgan fingerprint density at radius 3 is 2.71 bits per heavy atom. The standard InChI is InChI=1S/C13H12ClN3O3S/c1-9-11(6-15-8-16-9)13(18)17-21(19,20)7-10-4-2-3-5-12(10)14/h2-6,8H,7H2,1H3,(H,17,18). The van der Waals surface area contributed by atoms with E-state index in [9.17, 15) is 13.2 Å². The zero-order valence-corrected chi connectivity index (χ0v) is 12.6. The predicted molar refractivity (Wildman–Crippen MR) is 78.3 cm³/mol. The van der Waals surface area contributed by atoms with Gasteiger partial charge in [0.05, 0.1) is 17.0 Å². The lowest BCUT2D eigenvalue weighted by Gasteiger charge is -2.08. The summed E-state index contributed by atoms with van der Waals surface area (Å²) in [6, 6.07) is 6.54. The third-order valence-electron chi connectivity index (χ3n) is 2.71. The normalized spacial score (nSPS) is 11.1. The molecular formula is C13H12ClN3O3S. The van der Waals surface area contributed by atoms with Crippen LogP contribution in [0.15, 0.2) is 36.8 Å². The van der Waals surface area contributed by atoms with Crippen molar-refractivity contribution in [3.05, 3.63) is 58.6 Å². The van der Waals surface area contributed by atoms with Crippen LogP contribution in [0.2, 0.25) is 5.02 Å². The van der Waals surface area contributed by atoms with E-state index in [1.54, 1.807) is 31.2 Å². The first-order valence-corrected chi connectivity index (χ1v) is 7.97. The molecule has 0 atom stereocenters. The van der Waals surface area contributed by atoms with Gasteiger partial charge >= 0.3 is 0 Å². The highest BCUT2D eigenvalue weighted by molar-refractivity contribution is 7.89. The number of nitrogens with zero attached hydrogens (tertiary/aromatic N) is 2. The molecule has 1 aromatic heterocycles. The Hall–Kier alpha value is -1.99. The molecule has 21 heavy (non-hydrogen) atoms. The highest BCUT2D eigenvalue weighted by atomic mass is 35.5. The van der Waals surface area contributed by atoms with E-state index >= 15 is 0 Å². The van der Waals surface area contributed by atoms with E-state index in [4.69, 9.17) is 11.6 Å². The van der Waals surface area contributed by atoms with Gasteiger partial charge in [-0.25, -0.2) is 23.1 Å². The average molecular weight is 326 g/mol. The van der Waals surface area contributed by atoms with E-state index in [2.05, 4.69) is 9.97 Å². The predicted octanol–water partition coefficient (Wildman–Crippen LogP) is 1.70. The van der Waals surface area contributed by atoms with Crippen LogP contribution in [0, 0.1) is 6.92 Å². The quantitative estimate of drug-likeness (QED) is 0.924. The fourth-order valence-electron chi connectivity index (χ4n) is 1.67. The molecule has 0 unspecified atom stereocenters. The van der Waals surface area contributed by atoms with Gasteiger partial charge in [0, 0.05) is 11.2 Å². The third kappa shape index (κ3) is 3.99. The Balaban J connectivity index is 2.17. The van der Waals surface area contributed by atoms with Crippen molar-refractivity contribution in [3.63, 3.8) is 0 Å². The van der Waals surface area contributed by atoms with E-state index in [-0.39, 0.29) is 11.3 Å². The first-order chi connectivity index (χ1) is 9.89. The molecule has 2 rings (SSSR count). The molecule has 0 fully saturated rings. The van der Waals surface area contributed by atoms with Crippen molar-refractivity contribution in [1.82, 2.24) is 14.7 Å². The van der Waals surface area contributed by atoms with Crippen molar-refractivity contribution >= 4 is 27.5 Å². The summed E-state index contributed by atoms with van der Waals surface area (Å²) in [5.41, 5.74) is 0.927. The second-order valence-corrected chi connectivity index (χ2v) is 6.43. The second kappa shape index (κ2) is 6.19. The molecule has 0 bridgehead atoms. The molecular weight excluding hydrogens is 314 g/mol. The number of benzene rings is 1. The van der Waals surface area contributed by atoms with Gasteiger partial charge in [-0.15, -0.1) is 0 Å². The molecule has 0 aliphatic carbocycles. The van der Waals surface area contributed by atoms with Gasteiger partial charge in [-0.3, -0.25) is 4.79 Å². The largest absolute Gasteiger partial charge is 0.268 e. The maximum atomic E-state index is 12.0. The lowest BCUT2D eigenvalue weighted by atomic mass is 10.2. The maximum Gasteiger partial charge on any atom is 0.268 e. The van der Waals surface area contributed by atoms with Crippen LogP contribution in [0.5, 0.6) is 0 Å². The monoisotopic (exact) mass is 325 g/mol. The molecule has 6 nitrogen and oxygen atoms in total. The topological polar surface area (TPSA) is 89.0 Å². The van der Waals surface area contributed by atoms with E-state index in [1.807, 2.05) is 4.72 Å². The van der Waals surface area contributed by atoms with Gasteiger partial charge in [-0.05, 0) is 18.6 Å². The number of aromatic nitrogens is 2. The second-order valence-electron chi connectivity index (χ2n) is 4.30. The number of amides is 1. The van der Waals surface area contributed by atoms with Gasteiger partial charge in [0.1, 0.15) is 6.33 Å². The summed E-state index contributed by atoms with van der Waals surface area (Å²) in [5, 5.41) is 0.328. The Bertz CT molecular complexity index is 778. The zero-order valence-electron chi connectivity index (χ0n) is 11.1. The van der Waals surface area contributed by atoms with Crippen LogP contribution in [0.25, 0.3) is 0 Å². The molecule has 0 radical (unpaired) electrons. The molecule has 0 saturated carbocycles. The summed E-state index contributed by atoms with van der Waals surface area (Å²) in [6.07, 6.45) is 2.55. The molecule has 1 N–H and O–H groups in total. The average Bonchev–Trinajstić information content (AvgIpc) is 2.41. The minimum atomic E-state index is -3.86. The van der Waals surface area contributed by atoms with Crippen molar-refractivity contribution in [1.29, 1.82) is 0 Å². The first-order valence-electron chi connectivity index (χ1n) is 5.94. The van der Waals surface area contributed by atoms with E-state index in [0.29, 0.717) is 16.3 Å². The summed E-state index contributed by atoms with van der Waals surface area (Å²) in [6.45, 7) is 1.59. The van der Waals surface area contributed by atoms with Crippen LogP contribution in [0.1, 0.15) is 21.6 Å². The molecule has 8 heteroatoms. The van der Waals surface area contributed by atoms with Crippen molar-refractivity contribution < 1.29 is 13.2 Å². The minimum Gasteiger partial charge on any atom is -0.268 e. The van der Waals surface area contributed by atoms with Crippen molar-refractivity contribution in [2.24, 2.45) is 0 Å². The van der Waals surface area contributed by atoms with Crippen molar-refractivity contribution in [2.45, 2.75) is 12.7 Å². The molecule has 0 spiro atoms. The highest BCUT2D eigenvalue weighted by Gasteiger charge is 2.19. The summed E-state index contributed by atoms with van der Waals surface area (Å²) in [7, 11) is -3.86.